The van der Waals surface area contributed by atoms with Crippen LogP contribution in [0.4, 0.5) is 0 Å². The highest BCUT2D eigenvalue weighted by atomic mass is 79.9. The van der Waals surface area contributed by atoms with Crippen LogP contribution in [0.25, 0.3) is 0 Å². The standard InChI is InChI=1S/C15H21BrN4/c1-4-10-9-18-7-6-11(10)12(17)8-14-15(16)13(5-2)19-20(14)3/h6-7,9,12H,4-5,8,17H2,1-3H3. The van der Waals surface area contributed by atoms with Gasteiger partial charge in [0.25, 0.3) is 0 Å². The van der Waals surface area contributed by atoms with Crippen molar-refractivity contribution < 1.29 is 0 Å². The summed E-state index contributed by atoms with van der Waals surface area (Å²) >= 11 is 3.65. The lowest BCUT2D eigenvalue weighted by atomic mass is 9.98. The van der Waals surface area contributed by atoms with Crippen molar-refractivity contribution in [2.24, 2.45) is 12.8 Å². The second-order valence-corrected chi connectivity index (χ2v) is 5.72. The fraction of sp³-hybridized carbons (Fsp3) is 0.467. The summed E-state index contributed by atoms with van der Waals surface area (Å²) in [6, 6.07) is 1.98. The number of rotatable bonds is 5. The fourth-order valence-electron chi connectivity index (χ4n) is 2.45. The molecule has 0 saturated heterocycles. The Labute approximate surface area is 128 Å². The van der Waals surface area contributed by atoms with E-state index in [9.17, 15) is 0 Å². The molecular formula is C15H21BrN4. The Morgan fingerprint density at radius 3 is 2.70 bits per heavy atom. The monoisotopic (exact) mass is 336 g/mol. The summed E-state index contributed by atoms with van der Waals surface area (Å²) in [6.45, 7) is 4.23. The lowest BCUT2D eigenvalue weighted by Gasteiger charge is -2.16. The number of halogens is 1. The molecule has 2 N–H and O–H groups in total. The summed E-state index contributed by atoms with van der Waals surface area (Å²) in [5.74, 6) is 0. The highest BCUT2D eigenvalue weighted by Crippen LogP contribution is 2.26. The molecule has 0 fully saturated rings. The Morgan fingerprint density at radius 2 is 2.10 bits per heavy atom. The maximum atomic E-state index is 6.40. The minimum absolute atomic E-state index is 0.0376. The van der Waals surface area contributed by atoms with Gasteiger partial charge in [-0.2, -0.15) is 5.10 Å². The number of nitrogens with two attached hydrogens (primary N) is 1. The van der Waals surface area contributed by atoms with Crippen molar-refractivity contribution in [1.29, 1.82) is 0 Å². The number of hydrogen-bond donors (Lipinski definition) is 1. The van der Waals surface area contributed by atoms with Crippen molar-refractivity contribution >= 4 is 15.9 Å². The van der Waals surface area contributed by atoms with E-state index in [0.717, 1.165) is 35.1 Å². The van der Waals surface area contributed by atoms with Gasteiger partial charge in [-0.15, -0.1) is 0 Å². The third-order valence-corrected chi connectivity index (χ3v) is 4.55. The van der Waals surface area contributed by atoms with Gasteiger partial charge >= 0.3 is 0 Å². The lowest BCUT2D eigenvalue weighted by Crippen LogP contribution is -2.17. The molecule has 108 valence electrons. The molecule has 2 aromatic heterocycles. The van der Waals surface area contributed by atoms with E-state index in [0.29, 0.717) is 0 Å². The lowest BCUT2D eigenvalue weighted by molar-refractivity contribution is 0.632. The van der Waals surface area contributed by atoms with E-state index < -0.39 is 0 Å². The van der Waals surface area contributed by atoms with E-state index in [1.807, 2.05) is 30.2 Å². The van der Waals surface area contributed by atoms with Crippen LogP contribution in [0.1, 0.15) is 42.4 Å². The predicted molar refractivity (Wildman–Crippen MR) is 84.5 cm³/mol. The summed E-state index contributed by atoms with van der Waals surface area (Å²) < 4.78 is 3.01. The van der Waals surface area contributed by atoms with E-state index in [1.165, 1.54) is 11.1 Å². The van der Waals surface area contributed by atoms with Gasteiger partial charge in [-0.3, -0.25) is 9.67 Å². The summed E-state index contributed by atoms with van der Waals surface area (Å²) in [7, 11) is 1.97. The Bertz CT molecular complexity index is 592. The zero-order chi connectivity index (χ0) is 14.7. The van der Waals surface area contributed by atoms with Gasteiger partial charge in [-0.25, -0.2) is 0 Å². The fourth-order valence-corrected chi connectivity index (χ4v) is 3.23. The van der Waals surface area contributed by atoms with Gasteiger partial charge in [0.05, 0.1) is 15.9 Å². The highest BCUT2D eigenvalue weighted by molar-refractivity contribution is 9.10. The molecule has 1 atom stereocenters. The molecule has 0 spiro atoms. The maximum absolute atomic E-state index is 6.40. The van der Waals surface area contributed by atoms with Crippen LogP contribution in [0.15, 0.2) is 22.9 Å². The van der Waals surface area contributed by atoms with E-state index in [4.69, 9.17) is 5.73 Å². The first-order chi connectivity index (χ1) is 9.58. The van der Waals surface area contributed by atoms with E-state index in [2.05, 4.69) is 39.9 Å². The molecule has 0 aliphatic rings. The van der Waals surface area contributed by atoms with Gasteiger partial charge in [-0.1, -0.05) is 13.8 Å². The summed E-state index contributed by atoms with van der Waals surface area (Å²) in [6.07, 6.45) is 6.35. The molecule has 0 amide bonds. The molecule has 0 aliphatic carbocycles. The van der Waals surface area contributed by atoms with Crippen molar-refractivity contribution in [3.8, 4) is 0 Å². The quantitative estimate of drug-likeness (QED) is 0.913. The molecule has 5 heteroatoms. The summed E-state index contributed by atoms with van der Waals surface area (Å²) in [4.78, 5) is 4.18. The number of pyridine rings is 1. The van der Waals surface area contributed by atoms with Crippen LogP contribution in [-0.2, 0) is 26.3 Å². The number of nitrogens with zero attached hydrogens (tertiary/aromatic N) is 3. The maximum Gasteiger partial charge on any atom is 0.0766 e. The van der Waals surface area contributed by atoms with Crippen LogP contribution < -0.4 is 5.73 Å². The van der Waals surface area contributed by atoms with Crippen LogP contribution in [0.2, 0.25) is 0 Å². The molecule has 0 aromatic carbocycles. The Morgan fingerprint density at radius 1 is 1.35 bits per heavy atom. The zero-order valence-corrected chi connectivity index (χ0v) is 13.8. The van der Waals surface area contributed by atoms with Crippen LogP contribution >= 0.6 is 15.9 Å². The van der Waals surface area contributed by atoms with Crippen molar-refractivity contribution in [2.45, 2.75) is 39.2 Å². The van der Waals surface area contributed by atoms with Crippen molar-refractivity contribution in [2.75, 3.05) is 0 Å². The van der Waals surface area contributed by atoms with E-state index in [-0.39, 0.29) is 6.04 Å². The zero-order valence-electron chi connectivity index (χ0n) is 12.2. The molecule has 2 rings (SSSR count). The van der Waals surface area contributed by atoms with E-state index in [1.54, 1.807) is 0 Å². The van der Waals surface area contributed by atoms with Crippen molar-refractivity contribution in [3.05, 3.63) is 45.4 Å². The third kappa shape index (κ3) is 2.94. The smallest absolute Gasteiger partial charge is 0.0766 e. The van der Waals surface area contributed by atoms with Crippen molar-refractivity contribution in [1.82, 2.24) is 14.8 Å². The van der Waals surface area contributed by atoms with Crippen LogP contribution in [-0.4, -0.2) is 14.8 Å². The second-order valence-electron chi connectivity index (χ2n) is 4.92. The van der Waals surface area contributed by atoms with Gasteiger partial charge in [0.15, 0.2) is 0 Å². The first kappa shape index (κ1) is 15.2. The van der Waals surface area contributed by atoms with Gasteiger partial charge in [-0.05, 0) is 46.0 Å². The van der Waals surface area contributed by atoms with Gasteiger partial charge in [0.2, 0.25) is 0 Å². The van der Waals surface area contributed by atoms with Crippen LogP contribution in [0, 0.1) is 0 Å². The molecule has 2 aromatic rings. The SMILES string of the molecule is CCc1cnccc1C(N)Cc1c(Br)c(CC)nn1C. The van der Waals surface area contributed by atoms with Crippen LogP contribution in [0.5, 0.6) is 0 Å². The minimum Gasteiger partial charge on any atom is -0.324 e. The Kier molecular flexibility index (Phi) is 4.94. The van der Waals surface area contributed by atoms with Gasteiger partial charge in [0, 0.05) is 31.9 Å². The molecule has 0 radical (unpaired) electrons. The molecule has 20 heavy (non-hydrogen) atoms. The highest BCUT2D eigenvalue weighted by Gasteiger charge is 2.18. The molecule has 0 saturated carbocycles. The van der Waals surface area contributed by atoms with E-state index >= 15 is 0 Å². The van der Waals surface area contributed by atoms with Crippen molar-refractivity contribution in [3.63, 3.8) is 0 Å². The topological polar surface area (TPSA) is 56.7 Å². The molecule has 0 bridgehead atoms. The first-order valence-corrected chi connectivity index (χ1v) is 7.76. The Balaban J connectivity index is 2.28. The van der Waals surface area contributed by atoms with Crippen LogP contribution in [0.3, 0.4) is 0 Å². The first-order valence-electron chi connectivity index (χ1n) is 6.97. The molecule has 4 nitrogen and oxygen atoms in total. The predicted octanol–water partition coefficient (Wildman–Crippen LogP) is 2.94. The minimum atomic E-state index is -0.0376. The number of hydrogen-bond acceptors (Lipinski definition) is 3. The van der Waals surface area contributed by atoms with Gasteiger partial charge in [0.1, 0.15) is 0 Å². The van der Waals surface area contributed by atoms with Gasteiger partial charge < -0.3 is 5.73 Å². The summed E-state index contributed by atoms with van der Waals surface area (Å²) in [5.41, 5.74) is 11.0. The average Bonchev–Trinajstić information content (AvgIpc) is 2.74. The Hall–Kier alpha value is -1.20. The number of aromatic nitrogens is 3. The average molecular weight is 337 g/mol. The summed E-state index contributed by atoms with van der Waals surface area (Å²) in [5, 5.41) is 4.52. The molecule has 2 heterocycles. The molecule has 1 unspecified atom stereocenters. The second kappa shape index (κ2) is 6.50. The third-order valence-electron chi connectivity index (χ3n) is 3.64. The largest absolute Gasteiger partial charge is 0.324 e. The normalized spacial score (nSPS) is 12.7. The number of aryl methyl sites for hydroxylation is 3. The molecule has 0 aliphatic heterocycles. The molecular weight excluding hydrogens is 316 g/mol.